The molecule has 0 aromatic heterocycles. The Balaban J connectivity index is 1.33. The third-order valence-corrected chi connectivity index (χ3v) is 12.8. The van der Waals surface area contributed by atoms with Gasteiger partial charge in [-0.3, -0.25) is 4.79 Å². The molecule has 3 saturated carbocycles. The Hall–Kier alpha value is -0.790. The molecule has 5 aliphatic rings. The summed E-state index contributed by atoms with van der Waals surface area (Å²) in [7, 11) is 0. The summed E-state index contributed by atoms with van der Waals surface area (Å²) in [5, 5.41) is 30.1. The molecule has 3 N–H and O–H groups in total. The summed E-state index contributed by atoms with van der Waals surface area (Å²) in [5.74, 6) is 2.84. The fraction of sp³-hybridized carbons (Fsp3) is 0.914. The molecular weight excluding hydrogens is 516 g/mol. The molecule has 0 amide bonds. The van der Waals surface area contributed by atoms with E-state index in [2.05, 4.69) is 40.7 Å². The molecule has 1 heterocycles. The fourth-order valence-electron chi connectivity index (χ4n) is 10.6. The minimum absolute atomic E-state index is 0.0515. The summed E-state index contributed by atoms with van der Waals surface area (Å²) in [6.07, 6.45) is 10.8. The van der Waals surface area contributed by atoms with Gasteiger partial charge in [0.15, 0.2) is 6.29 Å². The Morgan fingerprint density at radius 3 is 2.51 bits per heavy atom. The number of hydrogen-bond acceptors (Lipinski definition) is 6. The molecule has 0 aromatic carbocycles. The van der Waals surface area contributed by atoms with Gasteiger partial charge in [-0.25, -0.2) is 0 Å². The van der Waals surface area contributed by atoms with Crippen molar-refractivity contribution < 1.29 is 29.6 Å². The first kappa shape index (κ1) is 31.6. The van der Waals surface area contributed by atoms with Crippen LogP contribution in [0.15, 0.2) is 11.6 Å². The van der Waals surface area contributed by atoms with Crippen molar-refractivity contribution in [1.29, 1.82) is 0 Å². The first-order chi connectivity index (χ1) is 19.1. The standard InChI is InChI=1S/C35H58O6/c1-21(9-8-16-32(2,3)39)24-10-12-26-28-13-11-25-27(35(28,7)29(38)19-34(24,26)6)14-15-30(33(25,4)5)41-31-18-22(37)17-23(20-36)40-31/h11,21-24,26-28,30-31,36-37,39H,8-10,12-20H2,1-7H3/t21-,22+,23+,24?,26?,27?,28?,30+,31+,34-,35+/m1/s1. The lowest BCUT2D eigenvalue weighted by Crippen LogP contribution is -2.60. The van der Waals surface area contributed by atoms with E-state index in [-0.39, 0.29) is 41.0 Å². The van der Waals surface area contributed by atoms with Crippen LogP contribution in [0.4, 0.5) is 0 Å². The maximum Gasteiger partial charge on any atom is 0.160 e. The summed E-state index contributed by atoms with van der Waals surface area (Å²) in [6.45, 7) is 15.4. The molecule has 4 fully saturated rings. The molecular formula is C35H58O6. The first-order valence-electron chi connectivity index (χ1n) is 16.7. The first-order valence-corrected chi connectivity index (χ1v) is 16.7. The number of hydrogen-bond donors (Lipinski definition) is 3. The van der Waals surface area contributed by atoms with Crippen LogP contribution in [-0.2, 0) is 14.3 Å². The van der Waals surface area contributed by atoms with Gasteiger partial charge in [0.2, 0.25) is 0 Å². The average Bonchev–Trinajstić information content (AvgIpc) is 3.21. The van der Waals surface area contributed by atoms with E-state index in [1.165, 1.54) is 18.4 Å². The Morgan fingerprint density at radius 2 is 1.83 bits per heavy atom. The SMILES string of the molecule is C[C@H](CCCC(C)(C)O)C1CCC2C3CC=C4C(CC[C@H](O[C@H]5C[C@@H](O)C[C@@H](CO)O5)C4(C)C)[C@]3(C)C(=O)C[C@@]21C. The zero-order valence-electron chi connectivity index (χ0n) is 26.8. The number of ketones is 1. The number of aliphatic hydroxyl groups excluding tert-OH is 2. The summed E-state index contributed by atoms with van der Waals surface area (Å²) < 4.78 is 12.5. The summed E-state index contributed by atoms with van der Waals surface area (Å²) in [4.78, 5) is 14.4. The molecule has 6 heteroatoms. The quantitative estimate of drug-likeness (QED) is 0.299. The molecule has 4 unspecified atom stereocenters. The van der Waals surface area contributed by atoms with Crippen molar-refractivity contribution in [1.82, 2.24) is 0 Å². The normalized spacial score (nSPS) is 44.9. The lowest BCUT2D eigenvalue weighted by atomic mass is 9.43. The van der Waals surface area contributed by atoms with Gasteiger partial charge in [-0.05, 0) is 87.4 Å². The van der Waals surface area contributed by atoms with E-state index in [1.807, 2.05) is 13.8 Å². The monoisotopic (exact) mass is 574 g/mol. The van der Waals surface area contributed by atoms with E-state index in [4.69, 9.17) is 9.47 Å². The fourth-order valence-corrected chi connectivity index (χ4v) is 10.6. The van der Waals surface area contributed by atoms with Crippen LogP contribution < -0.4 is 0 Å². The third kappa shape index (κ3) is 5.63. The summed E-state index contributed by atoms with van der Waals surface area (Å²) >= 11 is 0. The van der Waals surface area contributed by atoms with Crippen LogP contribution >= 0.6 is 0 Å². The van der Waals surface area contributed by atoms with Crippen molar-refractivity contribution >= 4 is 5.78 Å². The zero-order chi connectivity index (χ0) is 30.0. The van der Waals surface area contributed by atoms with Gasteiger partial charge in [0.05, 0.1) is 30.5 Å². The van der Waals surface area contributed by atoms with Gasteiger partial charge < -0.3 is 24.8 Å². The Bertz CT molecular complexity index is 997. The predicted molar refractivity (Wildman–Crippen MR) is 160 cm³/mol. The minimum Gasteiger partial charge on any atom is -0.394 e. The number of aliphatic hydroxyl groups is 3. The average molecular weight is 575 g/mol. The molecule has 5 rings (SSSR count). The predicted octanol–water partition coefficient (Wildman–Crippen LogP) is 6.20. The number of carbonyl (C=O) groups excluding carboxylic acids is 1. The highest BCUT2D eigenvalue weighted by molar-refractivity contribution is 5.88. The van der Waals surface area contributed by atoms with E-state index < -0.39 is 18.0 Å². The number of carbonyl (C=O) groups is 1. The maximum absolute atomic E-state index is 14.4. The van der Waals surface area contributed by atoms with Crippen LogP contribution in [0.25, 0.3) is 0 Å². The molecule has 6 nitrogen and oxygen atoms in total. The molecule has 1 aliphatic heterocycles. The molecule has 0 bridgehead atoms. The third-order valence-electron chi connectivity index (χ3n) is 12.8. The highest BCUT2D eigenvalue weighted by atomic mass is 16.7. The zero-order valence-corrected chi connectivity index (χ0v) is 26.8. The van der Waals surface area contributed by atoms with Gasteiger partial charge >= 0.3 is 0 Å². The van der Waals surface area contributed by atoms with E-state index in [1.54, 1.807) is 0 Å². The lowest BCUT2D eigenvalue weighted by Gasteiger charge is -2.61. The number of allylic oxidation sites excluding steroid dienone is 1. The van der Waals surface area contributed by atoms with Crippen LogP contribution in [0.1, 0.15) is 119 Å². The second kappa shape index (κ2) is 11.3. The number of Topliss-reactive ketones (excluding diaryl/α,β-unsaturated/α-hetero) is 1. The van der Waals surface area contributed by atoms with Crippen LogP contribution in [0.3, 0.4) is 0 Å². The molecule has 0 spiro atoms. The smallest absolute Gasteiger partial charge is 0.160 e. The van der Waals surface area contributed by atoms with E-state index in [0.717, 1.165) is 38.5 Å². The van der Waals surface area contributed by atoms with Gasteiger partial charge in [0, 0.05) is 30.1 Å². The van der Waals surface area contributed by atoms with E-state index in [9.17, 15) is 20.1 Å². The Morgan fingerprint density at radius 1 is 1.10 bits per heavy atom. The number of ether oxygens (including phenoxy) is 2. The van der Waals surface area contributed by atoms with Crippen molar-refractivity contribution in [3.63, 3.8) is 0 Å². The summed E-state index contributed by atoms with van der Waals surface area (Å²) in [5.41, 5.74) is 0.287. The topological polar surface area (TPSA) is 96.2 Å². The molecule has 234 valence electrons. The maximum atomic E-state index is 14.4. The minimum atomic E-state index is -0.610. The highest BCUT2D eigenvalue weighted by Crippen LogP contribution is 2.69. The second-order valence-electron chi connectivity index (χ2n) is 16.3. The molecule has 41 heavy (non-hydrogen) atoms. The van der Waals surface area contributed by atoms with E-state index in [0.29, 0.717) is 48.7 Å². The van der Waals surface area contributed by atoms with Gasteiger partial charge in [0.1, 0.15) is 5.78 Å². The summed E-state index contributed by atoms with van der Waals surface area (Å²) in [6, 6.07) is 0. The second-order valence-corrected chi connectivity index (χ2v) is 16.3. The van der Waals surface area contributed by atoms with Crippen molar-refractivity contribution in [3.8, 4) is 0 Å². The van der Waals surface area contributed by atoms with Gasteiger partial charge in [0.25, 0.3) is 0 Å². The van der Waals surface area contributed by atoms with Gasteiger partial charge in [-0.2, -0.15) is 0 Å². The Kier molecular flexibility index (Phi) is 8.71. The number of fused-ring (bicyclic) bond motifs is 5. The molecule has 4 aliphatic carbocycles. The molecule has 0 radical (unpaired) electrons. The van der Waals surface area contributed by atoms with Gasteiger partial charge in [-0.1, -0.05) is 59.1 Å². The van der Waals surface area contributed by atoms with Gasteiger partial charge in [-0.15, -0.1) is 0 Å². The molecule has 0 aromatic rings. The van der Waals surface area contributed by atoms with Crippen molar-refractivity contribution in [3.05, 3.63) is 11.6 Å². The van der Waals surface area contributed by atoms with Crippen molar-refractivity contribution in [2.24, 2.45) is 45.8 Å². The van der Waals surface area contributed by atoms with Crippen LogP contribution in [0.2, 0.25) is 0 Å². The number of rotatable bonds is 8. The lowest BCUT2D eigenvalue weighted by molar-refractivity contribution is -0.255. The van der Waals surface area contributed by atoms with Crippen molar-refractivity contribution in [2.45, 2.75) is 149 Å². The molecule has 1 saturated heterocycles. The van der Waals surface area contributed by atoms with E-state index >= 15 is 0 Å². The van der Waals surface area contributed by atoms with Crippen LogP contribution in [0, 0.1) is 45.8 Å². The largest absolute Gasteiger partial charge is 0.394 e. The Labute approximate surface area is 248 Å². The van der Waals surface area contributed by atoms with Crippen LogP contribution in [-0.4, -0.2) is 57.9 Å². The van der Waals surface area contributed by atoms with Crippen molar-refractivity contribution in [2.75, 3.05) is 6.61 Å². The van der Waals surface area contributed by atoms with Crippen LogP contribution in [0.5, 0.6) is 0 Å². The molecule has 11 atom stereocenters. The highest BCUT2D eigenvalue weighted by Gasteiger charge is 2.65.